The number of rotatable bonds is 6. The summed E-state index contributed by atoms with van der Waals surface area (Å²) in [6.07, 6.45) is 2.96. The first-order valence-corrected chi connectivity index (χ1v) is 12.1. The summed E-state index contributed by atoms with van der Waals surface area (Å²) in [5, 5.41) is 7.91. The van der Waals surface area contributed by atoms with Gasteiger partial charge in [0.1, 0.15) is 5.54 Å². The molecule has 3 aromatic rings. The molecule has 1 aromatic heterocycles. The van der Waals surface area contributed by atoms with Crippen molar-refractivity contribution in [3.05, 3.63) is 64.8 Å². The number of carbonyl (C=O) groups is 3. The summed E-state index contributed by atoms with van der Waals surface area (Å²) in [4.78, 5) is 45.6. The average molecular weight is 493 g/mol. The second kappa shape index (κ2) is 8.19. The first kappa shape index (κ1) is 22.3. The lowest BCUT2D eigenvalue weighted by atomic mass is 9.76. The Morgan fingerprint density at radius 3 is 2.77 bits per heavy atom. The number of benzene rings is 2. The summed E-state index contributed by atoms with van der Waals surface area (Å²) in [6.45, 7) is 0.700. The van der Waals surface area contributed by atoms with Gasteiger partial charge < -0.3 is 15.0 Å². The second-order valence-corrected chi connectivity index (χ2v) is 9.88. The summed E-state index contributed by atoms with van der Waals surface area (Å²) in [5.74, 6) is -2.42. The number of amides is 3. The summed E-state index contributed by atoms with van der Waals surface area (Å²) in [6, 6.07) is 12.7. The van der Waals surface area contributed by atoms with Crippen molar-refractivity contribution in [2.24, 2.45) is 11.8 Å². The molecule has 1 spiro atoms. The third-order valence-corrected chi connectivity index (χ3v) is 7.85. The fourth-order valence-corrected chi connectivity index (χ4v) is 6.31. The molecule has 180 valence electrons. The maximum atomic E-state index is 13.8. The monoisotopic (exact) mass is 492 g/mol. The van der Waals surface area contributed by atoms with Crippen LogP contribution in [0.25, 0.3) is 10.9 Å². The van der Waals surface area contributed by atoms with Crippen molar-refractivity contribution in [3.8, 4) is 0 Å². The Hall–Kier alpha value is -3.20. The summed E-state index contributed by atoms with van der Waals surface area (Å²) in [7, 11) is 1.59. The van der Waals surface area contributed by atoms with E-state index in [4.69, 9.17) is 16.3 Å². The van der Waals surface area contributed by atoms with Gasteiger partial charge >= 0.3 is 0 Å². The van der Waals surface area contributed by atoms with E-state index in [1.165, 1.54) is 4.90 Å². The van der Waals surface area contributed by atoms with E-state index in [9.17, 15) is 14.4 Å². The highest BCUT2D eigenvalue weighted by Gasteiger charge is 2.70. The number of aromatic nitrogens is 1. The van der Waals surface area contributed by atoms with Gasteiger partial charge in [-0.15, -0.1) is 0 Å². The standard InChI is InChI=1S/C26H25ClN4O4/c1-35-10-4-9-31-23(32)21-20(11-14-13-28-18-6-3-2-5-16(14)18)30-26(22(21)24(31)33)17-12-15(27)7-8-19(17)29-25(26)34/h2-3,5-8,12-13,20-22,28,30H,4,9-11H2,1H3,(H,29,34)/t20?,21-,22+,26?/m1/s1. The number of carbonyl (C=O) groups excluding carboxylic acids is 3. The van der Waals surface area contributed by atoms with Gasteiger partial charge in [0.25, 0.3) is 0 Å². The quantitative estimate of drug-likeness (QED) is 0.362. The zero-order chi connectivity index (χ0) is 24.3. The van der Waals surface area contributed by atoms with E-state index in [0.29, 0.717) is 35.7 Å². The maximum absolute atomic E-state index is 13.8. The largest absolute Gasteiger partial charge is 0.385 e. The molecule has 9 heteroatoms. The van der Waals surface area contributed by atoms with Crippen LogP contribution in [0.15, 0.2) is 48.7 Å². The van der Waals surface area contributed by atoms with Crippen molar-refractivity contribution >= 4 is 45.9 Å². The van der Waals surface area contributed by atoms with Crippen LogP contribution in [-0.2, 0) is 31.1 Å². The lowest BCUT2D eigenvalue weighted by Gasteiger charge is -2.29. The first-order chi connectivity index (χ1) is 17.0. The first-order valence-electron chi connectivity index (χ1n) is 11.7. The molecule has 0 aliphatic carbocycles. The number of fused-ring (bicyclic) bond motifs is 5. The fourth-order valence-electron chi connectivity index (χ4n) is 6.13. The number of halogens is 1. The number of methoxy groups -OCH3 is 1. The molecule has 2 unspecified atom stereocenters. The Labute approximate surface area is 207 Å². The van der Waals surface area contributed by atoms with Gasteiger partial charge in [0, 0.05) is 59.7 Å². The number of nitrogens with one attached hydrogen (secondary N) is 3. The summed E-state index contributed by atoms with van der Waals surface area (Å²) < 4.78 is 5.12. The molecule has 3 amide bonds. The smallest absolute Gasteiger partial charge is 0.250 e. The molecular weight excluding hydrogens is 468 g/mol. The molecule has 35 heavy (non-hydrogen) atoms. The number of likely N-dealkylation sites (tertiary alicyclic amines) is 1. The minimum Gasteiger partial charge on any atom is -0.385 e. The molecule has 4 heterocycles. The van der Waals surface area contributed by atoms with Crippen LogP contribution in [0.4, 0.5) is 5.69 Å². The molecule has 0 saturated carbocycles. The third kappa shape index (κ3) is 3.17. The van der Waals surface area contributed by atoms with Crippen LogP contribution < -0.4 is 10.6 Å². The van der Waals surface area contributed by atoms with Crippen molar-refractivity contribution in [3.63, 3.8) is 0 Å². The van der Waals surface area contributed by atoms with Crippen molar-refractivity contribution in [2.45, 2.75) is 24.4 Å². The number of hydrogen-bond acceptors (Lipinski definition) is 5. The van der Waals surface area contributed by atoms with Crippen molar-refractivity contribution < 1.29 is 19.1 Å². The molecule has 2 aromatic carbocycles. The molecule has 6 rings (SSSR count). The van der Waals surface area contributed by atoms with E-state index >= 15 is 0 Å². The second-order valence-electron chi connectivity index (χ2n) is 9.44. The van der Waals surface area contributed by atoms with Gasteiger partial charge in [0.05, 0.1) is 11.8 Å². The zero-order valence-electron chi connectivity index (χ0n) is 19.1. The normalized spacial score (nSPS) is 27.2. The molecule has 0 radical (unpaired) electrons. The topological polar surface area (TPSA) is 104 Å². The van der Waals surface area contributed by atoms with Crippen molar-refractivity contribution in [1.82, 2.24) is 15.2 Å². The number of aromatic amines is 1. The van der Waals surface area contributed by atoms with Gasteiger partial charge in [-0.3, -0.25) is 24.6 Å². The number of H-pyrrole nitrogens is 1. The fraction of sp³-hybridized carbons (Fsp3) is 0.346. The number of para-hydroxylation sites is 1. The van der Waals surface area contributed by atoms with E-state index in [1.807, 2.05) is 30.5 Å². The van der Waals surface area contributed by atoms with Crippen LogP contribution in [0.1, 0.15) is 17.5 Å². The van der Waals surface area contributed by atoms with Crippen LogP contribution in [0.5, 0.6) is 0 Å². The van der Waals surface area contributed by atoms with Gasteiger partial charge in [-0.2, -0.15) is 0 Å². The Balaban J connectivity index is 1.45. The van der Waals surface area contributed by atoms with Crippen molar-refractivity contribution in [2.75, 3.05) is 25.6 Å². The highest BCUT2D eigenvalue weighted by molar-refractivity contribution is 6.31. The Morgan fingerprint density at radius 2 is 1.94 bits per heavy atom. The summed E-state index contributed by atoms with van der Waals surface area (Å²) in [5.41, 5.74) is 1.89. The van der Waals surface area contributed by atoms with Crippen LogP contribution in [0, 0.1) is 11.8 Å². The molecule has 8 nitrogen and oxygen atoms in total. The van der Waals surface area contributed by atoms with E-state index in [0.717, 1.165) is 16.5 Å². The molecule has 3 N–H and O–H groups in total. The van der Waals surface area contributed by atoms with Crippen molar-refractivity contribution in [1.29, 1.82) is 0 Å². The molecule has 3 aliphatic heterocycles. The minimum absolute atomic E-state index is 0.242. The van der Waals surface area contributed by atoms with Crippen LogP contribution in [0.3, 0.4) is 0 Å². The highest BCUT2D eigenvalue weighted by atomic mass is 35.5. The summed E-state index contributed by atoms with van der Waals surface area (Å²) >= 11 is 6.32. The van der Waals surface area contributed by atoms with Gasteiger partial charge in [-0.05, 0) is 42.7 Å². The number of hydrogen-bond donors (Lipinski definition) is 3. The van der Waals surface area contributed by atoms with E-state index < -0.39 is 23.4 Å². The SMILES string of the molecule is COCCCN1C(=O)[C@@H]2C(Cc3c[nH]c4ccccc34)NC3(C(=O)Nc4ccc(Cl)cc43)[C@@H]2C1=O. The number of imide groups is 1. The molecular formula is C26H25ClN4O4. The molecule has 3 aliphatic rings. The maximum Gasteiger partial charge on any atom is 0.250 e. The predicted octanol–water partition coefficient (Wildman–Crippen LogP) is 2.82. The lowest BCUT2D eigenvalue weighted by Crippen LogP contribution is -2.53. The van der Waals surface area contributed by atoms with E-state index in [1.54, 1.807) is 25.3 Å². The Kier molecular flexibility index (Phi) is 5.21. The van der Waals surface area contributed by atoms with Gasteiger partial charge in [0.2, 0.25) is 17.7 Å². The average Bonchev–Trinajstić information content (AvgIpc) is 3.55. The van der Waals surface area contributed by atoms with Gasteiger partial charge in [-0.25, -0.2) is 0 Å². The van der Waals surface area contributed by atoms with Crippen LogP contribution in [0.2, 0.25) is 5.02 Å². The third-order valence-electron chi connectivity index (χ3n) is 7.61. The number of anilines is 1. The molecule has 2 fully saturated rings. The van der Waals surface area contributed by atoms with Crippen LogP contribution in [-0.4, -0.2) is 53.9 Å². The Morgan fingerprint density at radius 1 is 1.11 bits per heavy atom. The highest BCUT2D eigenvalue weighted by Crippen LogP contribution is 2.53. The zero-order valence-corrected chi connectivity index (χ0v) is 19.9. The molecule has 2 saturated heterocycles. The van der Waals surface area contributed by atoms with Gasteiger partial charge in [-0.1, -0.05) is 29.8 Å². The van der Waals surface area contributed by atoms with Crippen LogP contribution >= 0.6 is 11.6 Å². The van der Waals surface area contributed by atoms with Gasteiger partial charge in [0.15, 0.2) is 0 Å². The Bertz CT molecular complexity index is 1370. The minimum atomic E-state index is -1.36. The van der Waals surface area contributed by atoms with E-state index in [2.05, 4.69) is 15.6 Å². The van der Waals surface area contributed by atoms with E-state index in [-0.39, 0.29) is 24.3 Å². The number of ether oxygens (including phenoxy) is 1. The predicted molar refractivity (Wildman–Crippen MR) is 131 cm³/mol. The number of nitrogens with zero attached hydrogens (tertiary/aromatic N) is 1. The molecule has 0 bridgehead atoms. The molecule has 4 atom stereocenters. The lowest BCUT2D eigenvalue weighted by molar-refractivity contribution is -0.143.